The third kappa shape index (κ3) is 3.80. The summed E-state index contributed by atoms with van der Waals surface area (Å²) >= 11 is 3.60. The molecule has 2 nitrogen and oxygen atoms in total. The third-order valence-electron chi connectivity index (χ3n) is 3.34. The van der Waals surface area contributed by atoms with E-state index in [2.05, 4.69) is 52.4 Å². The van der Waals surface area contributed by atoms with Gasteiger partial charge in [0.1, 0.15) is 0 Å². The SMILES string of the molecule is C[C@H](NCC1CCCOC1)c1ccccc1Br. The summed E-state index contributed by atoms with van der Waals surface area (Å²) in [6, 6.07) is 8.78. The van der Waals surface area contributed by atoms with Crippen LogP contribution in [0.5, 0.6) is 0 Å². The van der Waals surface area contributed by atoms with Gasteiger partial charge in [0.05, 0.1) is 6.61 Å². The van der Waals surface area contributed by atoms with E-state index in [9.17, 15) is 0 Å². The molecule has 0 saturated carbocycles. The fourth-order valence-electron chi connectivity index (χ4n) is 2.25. The van der Waals surface area contributed by atoms with Crippen LogP contribution in [0.15, 0.2) is 28.7 Å². The molecule has 3 heteroatoms. The fraction of sp³-hybridized carbons (Fsp3) is 0.571. The number of hydrogen-bond donors (Lipinski definition) is 1. The minimum atomic E-state index is 0.382. The maximum Gasteiger partial charge on any atom is 0.0506 e. The molecule has 1 fully saturated rings. The fourth-order valence-corrected chi connectivity index (χ4v) is 2.88. The first-order valence-corrected chi connectivity index (χ1v) is 7.12. The highest BCUT2D eigenvalue weighted by Crippen LogP contribution is 2.23. The maximum absolute atomic E-state index is 5.49. The molecule has 1 unspecified atom stereocenters. The molecule has 2 rings (SSSR count). The molecule has 0 radical (unpaired) electrons. The molecule has 0 spiro atoms. The molecule has 1 aromatic carbocycles. The van der Waals surface area contributed by atoms with Crippen LogP contribution in [0.4, 0.5) is 0 Å². The standard InChI is InChI=1S/C14H20BrNO/c1-11(13-6-2-3-7-14(13)15)16-9-12-5-4-8-17-10-12/h2-3,6-7,11-12,16H,4-5,8-10H2,1H3/t11-,12?/m0/s1. The van der Waals surface area contributed by atoms with Gasteiger partial charge in [-0.3, -0.25) is 0 Å². The molecule has 0 bridgehead atoms. The summed E-state index contributed by atoms with van der Waals surface area (Å²) in [5.74, 6) is 0.675. The second-order valence-electron chi connectivity index (χ2n) is 4.73. The van der Waals surface area contributed by atoms with E-state index in [4.69, 9.17) is 4.74 Å². The highest BCUT2D eigenvalue weighted by molar-refractivity contribution is 9.10. The van der Waals surface area contributed by atoms with Crippen LogP contribution < -0.4 is 5.32 Å². The monoisotopic (exact) mass is 297 g/mol. The lowest BCUT2D eigenvalue weighted by Gasteiger charge is -2.24. The molecule has 1 N–H and O–H groups in total. The van der Waals surface area contributed by atoms with Crippen LogP contribution in [0.25, 0.3) is 0 Å². The van der Waals surface area contributed by atoms with E-state index in [1.165, 1.54) is 22.9 Å². The summed E-state index contributed by atoms with van der Waals surface area (Å²) in [4.78, 5) is 0. The van der Waals surface area contributed by atoms with Crippen LogP contribution in [0.3, 0.4) is 0 Å². The van der Waals surface area contributed by atoms with Gasteiger partial charge in [-0.1, -0.05) is 34.1 Å². The van der Waals surface area contributed by atoms with Gasteiger partial charge in [0.15, 0.2) is 0 Å². The average Bonchev–Trinajstić information content (AvgIpc) is 2.38. The number of benzene rings is 1. The van der Waals surface area contributed by atoms with Crippen molar-refractivity contribution in [2.45, 2.75) is 25.8 Å². The third-order valence-corrected chi connectivity index (χ3v) is 4.06. The zero-order chi connectivity index (χ0) is 12.1. The smallest absolute Gasteiger partial charge is 0.0506 e. The van der Waals surface area contributed by atoms with E-state index in [1.54, 1.807) is 0 Å². The normalized spacial score (nSPS) is 22.4. The predicted molar refractivity (Wildman–Crippen MR) is 74.1 cm³/mol. The molecule has 0 amide bonds. The number of ether oxygens (including phenoxy) is 1. The van der Waals surface area contributed by atoms with Gasteiger partial charge in [0.2, 0.25) is 0 Å². The average molecular weight is 298 g/mol. The number of nitrogens with one attached hydrogen (secondary N) is 1. The summed E-state index contributed by atoms with van der Waals surface area (Å²) in [6.45, 7) is 5.11. The Hall–Kier alpha value is -0.380. The van der Waals surface area contributed by atoms with E-state index < -0.39 is 0 Å². The van der Waals surface area contributed by atoms with Crippen molar-refractivity contribution in [2.75, 3.05) is 19.8 Å². The molecule has 94 valence electrons. The van der Waals surface area contributed by atoms with Crippen molar-refractivity contribution >= 4 is 15.9 Å². The molecule has 2 atom stereocenters. The topological polar surface area (TPSA) is 21.3 Å². The van der Waals surface area contributed by atoms with Crippen LogP contribution in [0.2, 0.25) is 0 Å². The van der Waals surface area contributed by atoms with Crippen molar-refractivity contribution in [3.8, 4) is 0 Å². The van der Waals surface area contributed by atoms with Crippen LogP contribution in [0.1, 0.15) is 31.4 Å². The zero-order valence-electron chi connectivity index (χ0n) is 10.3. The van der Waals surface area contributed by atoms with Crippen LogP contribution in [0, 0.1) is 5.92 Å². The van der Waals surface area contributed by atoms with Crippen molar-refractivity contribution in [3.05, 3.63) is 34.3 Å². The Bertz CT molecular complexity index is 350. The molecule has 17 heavy (non-hydrogen) atoms. The van der Waals surface area contributed by atoms with E-state index in [1.807, 2.05) is 0 Å². The largest absolute Gasteiger partial charge is 0.381 e. The molecule has 1 aliphatic heterocycles. The van der Waals surface area contributed by atoms with Crippen molar-refractivity contribution in [1.29, 1.82) is 0 Å². The first kappa shape index (κ1) is 13.1. The second-order valence-corrected chi connectivity index (χ2v) is 5.59. The minimum Gasteiger partial charge on any atom is -0.381 e. The molecule has 0 aliphatic carbocycles. The summed E-state index contributed by atoms with van der Waals surface area (Å²) in [5.41, 5.74) is 1.32. The Morgan fingerprint density at radius 3 is 3.00 bits per heavy atom. The lowest BCUT2D eigenvalue weighted by molar-refractivity contribution is 0.0540. The van der Waals surface area contributed by atoms with Gasteiger partial charge >= 0.3 is 0 Å². The van der Waals surface area contributed by atoms with Crippen molar-refractivity contribution in [1.82, 2.24) is 5.32 Å². The molecular formula is C14H20BrNO. The van der Waals surface area contributed by atoms with E-state index in [0.29, 0.717) is 12.0 Å². The predicted octanol–water partition coefficient (Wildman–Crippen LogP) is 3.53. The summed E-state index contributed by atoms with van der Waals surface area (Å²) < 4.78 is 6.68. The van der Waals surface area contributed by atoms with Crippen molar-refractivity contribution in [2.24, 2.45) is 5.92 Å². The quantitative estimate of drug-likeness (QED) is 0.918. The molecule has 0 aromatic heterocycles. The van der Waals surface area contributed by atoms with Crippen LogP contribution in [-0.2, 0) is 4.74 Å². The first-order valence-electron chi connectivity index (χ1n) is 6.33. The first-order chi connectivity index (χ1) is 8.27. The molecule has 1 aromatic rings. The molecule has 1 aliphatic rings. The number of halogens is 1. The Kier molecular flexibility index (Phi) is 5.01. The van der Waals surface area contributed by atoms with Gasteiger partial charge in [0.25, 0.3) is 0 Å². The molecular weight excluding hydrogens is 278 g/mol. The van der Waals surface area contributed by atoms with E-state index >= 15 is 0 Å². The number of hydrogen-bond acceptors (Lipinski definition) is 2. The molecule has 1 heterocycles. The van der Waals surface area contributed by atoms with Gasteiger partial charge in [-0.05, 0) is 37.3 Å². The second kappa shape index (κ2) is 6.53. The Morgan fingerprint density at radius 1 is 1.47 bits per heavy atom. The Balaban J connectivity index is 1.84. The van der Waals surface area contributed by atoms with E-state index in [0.717, 1.165) is 19.8 Å². The lowest BCUT2D eigenvalue weighted by atomic mass is 10.0. The van der Waals surface area contributed by atoms with Gasteiger partial charge in [-0.2, -0.15) is 0 Å². The summed E-state index contributed by atoms with van der Waals surface area (Å²) in [6.07, 6.45) is 2.49. The maximum atomic E-state index is 5.49. The zero-order valence-corrected chi connectivity index (χ0v) is 11.9. The highest BCUT2D eigenvalue weighted by atomic mass is 79.9. The van der Waals surface area contributed by atoms with Gasteiger partial charge in [0, 0.05) is 23.7 Å². The summed E-state index contributed by atoms with van der Waals surface area (Å²) in [5, 5.41) is 3.60. The van der Waals surface area contributed by atoms with Gasteiger partial charge in [-0.25, -0.2) is 0 Å². The summed E-state index contributed by atoms with van der Waals surface area (Å²) in [7, 11) is 0. The van der Waals surface area contributed by atoms with E-state index in [-0.39, 0.29) is 0 Å². The number of rotatable bonds is 4. The van der Waals surface area contributed by atoms with Crippen molar-refractivity contribution in [3.63, 3.8) is 0 Å². The minimum absolute atomic E-state index is 0.382. The van der Waals surface area contributed by atoms with Gasteiger partial charge < -0.3 is 10.1 Å². The lowest BCUT2D eigenvalue weighted by Crippen LogP contribution is -2.30. The van der Waals surface area contributed by atoms with Crippen LogP contribution >= 0.6 is 15.9 Å². The van der Waals surface area contributed by atoms with Gasteiger partial charge in [-0.15, -0.1) is 0 Å². The Morgan fingerprint density at radius 2 is 2.29 bits per heavy atom. The van der Waals surface area contributed by atoms with Crippen LogP contribution in [-0.4, -0.2) is 19.8 Å². The van der Waals surface area contributed by atoms with Crippen molar-refractivity contribution < 1.29 is 4.74 Å². The molecule has 1 saturated heterocycles. The highest BCUT2D eigenvalue weighted by Gasteiger charge is 2.15. The Labute approximate surface area is 112 Å².